The summed E-state index contributed by atoms with van der Waals surface area (Å²) in [7, 11) is 1.70. The van der Waals surface area contributed by atoms with Crippen molar-refractivity contribution in [1.82, 2.24) is 20.2 Å². The Kier molecular flexibility index (Phi) is 3.60. The van der Waals surface area contributed by atoms with Crippen molar-refractivity contribution in [2.45, 2.75) is 25.5 Å². The molecule has 1 aliphatic rings. The molecule has 2 aromatic rings. The molecule has 7 heteroatoms. The minimum absolute atomic E-state index is 0.361. The first-order chi connectivity index (χ1) is 10.1. The van der Waals surface area contributed by atoms with Crippen LogP contribution >= 0.6 is 0 Å². The van der Waals surface area contributed by atoms with E-state index in [0.717, 1.165) is 23.2 Å². The van der Waals surface area contributed by atoms with E-state index in [-0.39, 0.29) is 5.60 Å². The lowest BCUT2D eigenvalue weighted by atomic mass is 10.0. The van der Waals surface area contributed by atoms with Crippen LogP contribution in [0.15, 0.2) is 18.2 Å². The molecule has 2 heterocycles. The van der Waals surface area contributed by atoms with Gasteiger partial charge in [-0.05, 0) is 29.0 Å². The van der Waals surface area contributed by atoms with Crippen molar-refractivity contribution in [1.29, 1.82) is 0 Å². The van der Waals surface area contributed by atoms with E-state index in [1.807, 2.05) is 25.1 Å². The quantitative estimate of drug-likeness (QED) is 0.846. The molecule has 0 saturated carbocycles. The highest BCUT2D eigenvalue weighted by Gasteiger charge is 2.36. The lowest BCUT2D eigenvalue weighted by molar-refractivity contribution is -0.0317. The lowest BCUT2D eigenvalue weighted by Crippen LogP contribution is -2.37. The van der Waals surface area contributed by atoms with Crippen LogP contribution in [0.4, 0.5) is 5.69 Å². The molecule has 0 bridgehead atoms. The van der Waals surface area contributed by atoms with E-state index >= 15 is 0 Å². The van der Waals surface area contributed by atoms with Crippen LogP contribution in [0.5, 0.6) is 0 Å². The molecule has 2 N–H and O–H groups in total. The van der Waals surface area contributed by atoms with E-state index in [4.69, 9.17) is 15.2 Å². The summed E-state index contributed by atoms with van der Waals surface area (Å²) in [6, 6.07) is 5.83. The summed E-state index contributed by atoms with van der Waals surface area (Å²) in [5, 5.41) is 12.0. The molecular weight excluding hydrogens is 270 g/mol. The second-order valence-electron chi connectivity index (χ2n) is 5.42. The topological polar surface area (TPSA) is 88.1 Å². The molecule has 7 nitrogen and oxygen atoms in total. The number of nitrogen functional groups attached to an aromatic ring is 1. The summed E-state index contributed by atoms with van der Waals surface area (Å²) < 4.78 is 12.8. The number of benzene rings is 1. The minimum atomic E-state index is -0.361. The molecule has 21 heavy (non-hydrogen) atoms. The number of anilines is 1. The Balaban J connectivity index is 1.91. The largest absolute Gasteiger partial charge is 0.398 e. The molecule has 0 radical (unpaired) electrons. The standard InChI is InChI=1S/C14H19N5O2/c1-10-3-4-11(7-12(10)15)13-16-17-18-19(13)8-14(20-2)5-6-21-9-14/h3-4,7H,5-6,8-9,15H2,1-2H3. The molecule has 1 atom stereocenters. The molecule has 1 aromatic carbocycles. The summed E-state index contributed by atoms with van der Waals surface area (Å²) in [5.41, 5.74) is 8.27. The van der Waals surface area contributed by atoms with Crippen LogP contribution in [0.3, 0.4) is 0 Å². The fourth-order valence-corrected chi connectivity index (χ4v) is 2.51. The third-order valence-electron chi connectivity index (χ3n) is 4.01. The maximum Gasteiger partial charge on any atom is 0.182 e. The highest BCUT2D eigenvalue weighted by Crippen LogP contribution is 2.27. The third-order valence-corrected chi connectivity index (χ3v) is 4.01. The Bertz CT molecular complexity index is 634. The Morgan fingerprint density at radius 2 is 2.33 bits per heavy atom. The molecule has 1 fully saturated rings. The van der Waals surface area contributed by atoms with E-state index < -0.39 is 0 Å². The predicted octanol–water partition coefficient (Wildman–Crippen LogP) is 1.04. The molecular formula is C14H19N5O2. The molecule has 0 amide bonds. The highest BCUT2D eigenvalue weighted by atomic mass is 16.5. The fourth-order valence-electron chi connectivity index (χ4n) is 2.51. The second kappa shape index (κ2) is 5.42. The van der Waals surface area contributed by atoms with Gasteiger partial charge in [0.15, 0.2) is 5.82 Å². The number of rotatable bonds is 4. The van der Waals surface area contributed by atoms with Gasteiger partial charge in [-0.25, -0.2) is 4.68 Å². The second-order valence-corrected chi connectivity index (χ2v) is 5.42. The number of methoxy groups -OCH3 is 1. The van der Waals surface area contributed by atoms with Crippen LogP contribution in [-0.4, -0.2) is 46.1 Å². The van der Waals surface area contributed by atoms with Crippen molar-refractivity contribution < 1.29 is 9.47 Å². The molecule has 3 rings (SSSR count). The highest BCUT2D eigenvalue weighted by molar-refractivity contribution is 5.63. The SMILES string of the molecule is COC1(Cn2nnnc2-c2ccc(C)c(N)c2)CCOC1. The maximum atomic E-state index is 5.97. The van der Waals surface area contributed by atoms with Crippen LogP contribution in [0.1, 0.15) is 12.0 Å². The summed E-state index contributed by atoms with van der Waals surface area (Å²) in [6.07, 6.45) is 0.832. The van der Waals surface area contributed by atoms with Crippen molar-refractivity contribution in [2.24, 2.45) is 0 Å². The van der Waals surface area contributed by atoms with E-state index in [1.165, 1.54) is 0 Å². The monoisotopic (exact) mass is 289 g/mol. The number of hydrogen-bond donors (Lipinski definition) is 1. The number of aromatic nitrogens is 4. The van der Waals surface area contributed by atoms with Crippen molar-refractivity contribution in [3.8, 4) is 11.4 Å². The number of ether oxygens (including phenoxy) is 2. The maximum absolute atomic E-state index is 5.97. The van der Waals surface area contributed by atoms with E-state index in [9.17, 15) is 0 Å². The smallest absolute Gasteiger partial charge is 0.182 e. The minimum Gasteiger partial charge on any atom is -0.398 e. The molecule has 1 unspecified atom stereocenters. The zero-order valence-electron chi connectivity index (χ0n) is 12.2. The zero-order valence-corrected chi connectivity index (χ0v) is 12.2. The van der Waals surface area contributed by atoms with Crippen molar-refractivity contribution in [3.05, 3.63) is 23.8 Å². The summed E-state index contributed by atoms with van der Waals surface area (Å²) in [5.74, 6) is 0.685. The Hall–Kier alpha value is -1.99. The van der Waals surface area contributed by atoms with E-state index in [2.05, 4.69) is 15.5 Å². The van der Waals surface area contributed by atoms with Crippen LogP contribution in [0, 0.1) is 6.92 Å². The molecule has 1 aliphatic heterocycles. The van der Waals surface area contributed by atoms with Crippen molar-refractivity contribution in [3.63, 3.8) is 0 Å². The molecule has 1 saturated heterocycles. The summed E-state index contributed by atoms with van der Waals surface area (Å²) in [4.78, 5) is 0. The number of aryl methyl sites for hydroxylation is 1. The zero-order chi connectivity index (χ0) is 14.9. The molecule has 1 aromatic heterocycles. The third kappa shape index (κ3) is 2.62. The number of nitrogens with two attached hydrogens (primary N) is 1. The Morgan fingerprint density at radius 1 is 1.48 bits per heavy atom. The van der Waals surface area contributed by atoms with Crippen LogP contribution in [-0.2, 0) is 16.0 Å². The van der Waals surface area contributed by atoms with Crippen molar-refractivity contribution in [2.75, 3.05) is 26.1 Å². The molecule has 0 spiro atoms. The lowest BCUT2D eigenvalue weighted by Gasteiger charge is -2.25. The van der Waals surface area contributed by atoms with Crippen LogP contribution < -0.4 is 5.73 Å². The number of nitrogens with zero attached hydrogens (tertiary/aromatic N) is 4. The first-order valence-corrected chi connectivity index (χ1v) is 6.89. The van der Waals surface area contributed by atoms with Gasteiger partial charge in [-0.2, -0.15) is 0 Å². The first-order valence-electron chi connectivity index (χ1n) is 6.89. The average molecular weight is 289 g/mol. The number of hydrogen-bond acceptors (Lipinski definition) is 6. The summed E-state index contributed by atoms with van der Waals surface area (Å²) >= 11 is 0. The first kappa shape index (κ1) is 14.0. The van der Waals surface area contributed by atoms with Gasteiger partial charge in [0.05, 0.1) is 13.2 Å². The summed E-state index contributed by atoms with van der Waals surface area (Å²) in [6.45, 7) is 3.78. The van der Waals surface area contributed by atoms with Crippen LogP contribution in [0.2, 0.25) is 0 Å². The Labute approximate surface area is 123 Å². The van der Waals surface area contributed by atoms with Gasteiger partial charge in [0.25, 0.3) is 0 Å². The molecule has 112 valence electrons. The van der Waals surface area contributed by atoms with E-state index in [1.54, 1.807) is 11.8 Å². The van der Waals surface area contributed by atoms with Gasteiger partial charge in [0.2, 0.25) is 0 Å². The van der Waals surface area contributed by atoms with Crippen molar-refractivity contribution >= 4 is 5.69 Å². The Morgan fingerprint density at radius 3 is 3.00 bits per heavy atom. The van der Waals surface area contributed by atoms with Gasteiger partial charge in [-0.3, -0.25) is 0 Å². The van der Waals surface area contributed by atoms with Gasteiger partial charge in [0, 0.05) is 31.4 Å². The van der Waals surface area contributed by atoms with Gasteiger partial charge >= 0.3 is 0 Å². The predicted molar refractivity (Wildman–Crippen MR) is 77.6 cm³/mol. The van der Waals surface area contributed by atoms with Gasteiger partial charge < -0.3 is 15.2 Å². The van der Waals surface area contributed by atoms with Crippen LogP contribution in [0.25, 0.3) is 11.4 Å². The fraction of sp³-hybridized carbons (Fsp3) is 0.500. The molecule has 0 aliphatic carbocycles. The van der Waals surface area contributed by atoms with E-state index in [0.29, 0.717) is 25.6 Å². The van der Waals surface area contributed by atoms with Gasteiger partial charge in [-0.15, -0.1) is 5.10 Å². The van der Waals surface area contributed by atoms with Gasteiger partial charge in [0.1, 0.15) is 5.60 Å². The normalized spacial score (nSPS) is 21.8. The number of tetrazole rings is 1. The van der Waals surface area contributed by atoms with Gasteiger partial charge in [-0.1, -0.05) is 12.1 Å². The average Bonchev–Trinajstić information content (AvgIpc) is 3.12.